The first-order valence-corrected chi connectivity index (χ1v) is 6.97. The van der Waals surface area contributed by atoms with Crippen LogP contribution in [0.15, 0.2) is 30.3 Å². The van der Waals surface area contributed by atoms with Crippen LogP contribution < -0.4 is 0 Å². The van der Waals surface area contributed by atoms with Gasteiger partial charge < -0.3 is 5.11 Å². The lowest BCUT2D eigenvalue weighted by Gasteiger charge is -2.35. The van der Waals surface area contributed by atoms with Crippen LogP contribution in [0.25, 0.3) is 0 Å². The van der Waals surface area contributed by atoms with Crippen LogP contribution in [-0.4, -0.2) is 53.1 Å². The van der Waals surface area contributed by atoms with E-state index in [-0.39, 0.29) is 5.92 Å². The van der Waals surface area contributed by atoms with Gasteiger partial charge in [0.2, 0.25) is 0 Å². The summed E-state index contributed by atoms with van der Waals surface area (Å²) < 4.78 is 0. The van der Waals surface area contributed by atoms with Gasteiger partial charge >= 0.3 is 5.97 Å². The largest absolute Gasteiger partial charge is 0.481 e. The monoisotopic (exact) mass is 260 g/mol. The minimum absolute atomic E-state index is 0.110. The average molecular weight is 260 g/mol. The maximum atomic E-state index is 10.9. The first-order valence-electron chi connectivity index (χ1n) is 6.97. The Morgan fingerprint density at radius 1 is 1.16 bits per heavy atom. The summed E-state index contributed by atoms with van der Waals surface area (Å²) in [6, 6.07) is 10.8. The molecule has 2 atom stereocenters. The SMILES string of the molecule is O=C(O)C1CC1N1CCN(Cc2ccccc2)CC1. The fourth-order valence-corrected chi connectivity index (χ4v) is 2.95. The number of piperazine rings is 1. The van der Waals surface area contributed by atoms with Gasteiger partial charge in [-0.3, -0.25) is 14.6 Å². The molecule has 0 amide bonds. The summed E-state index contributed by atoms with van der Waals surface area (Å²) in [5, 5.41) is 8.96. The van der Waals surface area contributed by atoms with E-state index in [1.54, 1.807) is 0 Å². The van der Waals surface area contributed by atoms with Crippen molar-refractivity contribution in [3.8, 4) is 0 Å². The van der Waals surface area contributed by atoms with Crippen molar-refractivity contribution in [3.05, 3.63) is 35.9 Å². The molecule has 0 radical (unpaired) electrons. The number of carboxylic acids is 1. The van der Waals surface area contributed by atoms with Crippen LogP contribution in [0.2, 0.25) is 0 Å². The second-order valence-corrected chi connectivity index (χ2v) is 5.55. The lowest BCUT2D eigenvalue weighted by Crippen LogP contribution is -2.47. The zero-order valence-corrected chi connectivity index (χ0v) is 11.0. The Bertz CT molecular complexity index is 441. The fraction of sp³-hybridized carbons (Fsp3) is 0.533. The first kappa shape index (κ1) is 12.6. The molecule has 2 unspecified atom stereocenters. The standard InChI is InChI=1S/C15H20N2O2/c18-15(19)13-10-14(13)17-8-6-16(7-9-17)11-12-4-2-1-3-5-12/h1-5,13-14H,6-11H2,(H,18,19). The highest BCUT2D eigenvalue weighted by atomic mass is 16.4. The van der Waals surface area contributed by atoms with Crippen LogP contribution in [0.5, 0.6) is 0 Å². The van der Waals surface area contributed by atoms with Gasteiger partial charge in [0.15, 0.2) is 0 Å². The number of rotatable bonds is 4. The number of hydrogen-bond acceptors (Lipinski definition) is 3. The van der Waals surface area contributed by atoms with Crippen LogP contribution in [0.4, 0.5) is 0 Å². The number of aliphatic carboxylic acids is 1. The van der Waals surface area contributed by atoms with Crippen molar-refractivity contribution >= 4 is 5.97 Å². The van der Waals surface area contributed by atoms with Gasteiger partial charge in [0, 0.05) is 38.8 Å². The van der Waals surface area contributed by atoms with Crippen LogP contribution >= 0.6 is 0 Å². The quantitative estimate of drug-likeness (QED) is 0.885. The lowest BCUT2D eigenvalue weighted by atomic mass is 10.2. The Balaban J connectivity index is 1.47. The first-order chi connectivity index (χ1) is 9.24. The van der Waals surface area contributed by atoms with Gasteiger partial charge in [0.25, 0.3) is 0 Å². The molecule has 1 saturated carbocycles. The summed E-state index contributed by atoms with van der Waals surface area (Å²) in [5.41, 5.74) is 1.35. The van der Waals surface area contributed by atoms with E-state index < -0.39 is 5.97 Å². The maximum Gasteiger partial charge on any atom is 0.308 e. The molecule has 4 nitrogen and oxygen atoms in total. The second kappa shape index (κ2) is 5.31. The van der Waals surface area contributed by atoms with Crippen molar-refractivity contribution in [2.75, 3.05) is 26.2 Å². The Kier molecular flexibility index (Phi) is 3.53. The zero-order valence-electron chi connectivity index (χ0n) is 11.0. The lowest BCUT2D eigenvalue weighted by molar-refractivity contribution is -0.139. The van der Waals surface area contributed by atoms with E-state index >= 15 is 0 Å². The van der Waals surface area contributed by atoms with Crippen molar-refractivity contribution in [1.82, 2.24) is 9.80 Å². The Hall–Kier alpha value is -1.39. The molecule has 3 rings (SSSR count). The third-order valence-electron chi connectivity index (χ3n) is 4.20. The van der Waals surface area contributed by atoms with Crippen molar-refractivity contribution in [2.24, 2.45) is 5.92 Å². The number of benzene rings is 1. The van der Waals surface area contributed by atoms with Crippen LogP contribution in [-0.2, 0) is 11.3 Å². The van der Waals surface area contributed by atoms with E-state index in [9.17, 15) is 4.79 Å². The normalized spacial score (nSPS) is 28.2. The number of nitrogens with zero attached hydrogens (tertiary/aromatic N) is 2. The minimum Gasteiger partial charge on any atom is -0.481 e. The summed E-state index contributed by atoms with van der Waals surface area (Å²) >= 11 is 0. The maximum absolute atomic E-state index is 10.9. The molecule has 1 heterocycles. The summed E-state index contributed by atoms with van der Waals surface area (Å²) in [5.74, 6) is -0.739. The molecule has 1 aliphatic carbocycles. The Morgan fingerprint density at radius 3 is 2.42 bits per heavy atom. The van der Waals surface area contributed by atoms with Crippen molar-refractivity contribution < 1.29 is 9.90 Å². The van der Waals surface area contributed by atoms with Crippen LogP contribution in [0.1, 0.15) is 12.0 Å². The molecular formula is C15H20N2O2. The van der Waals surface area contributed by atoms with E-state index in [0.717, 1.165) is 39.1 Å². The molecule has 0 bridgehead atoms. The molecule has 102 valence electrons. The average Bonchev–Trinajstić information content (AvgIpc) is 3.21. The van der Waals surface area contributed by atoms with Gasteiger partial charge in [-0.25, -0.2) is 0 Å². The molecule has 1 aliphatic heterocycles. The van der Waals surface area contributed by atoms with E-state index in [2.05, 4.69) is 34.1 Å². The molecule has 1 aromatic carbocycles. The predicted molar refractivity (Wildman–Crippen MR) is 72.8 cm³/mol. The van der Waals surface area contributed by atoms with Gasteiger partial charge in [-0.05, 0) is 12.0 Å². The van der Waals surface area contributed by atoms with Crippen molar-refractivity contribution in [1.29, 1.82) is 0 Å². The summed E-state index contributed by atoms with van der Waals surface area (Å²) in [6.07, 6.45) is 0.841. The van der Waals surface area contributed by atoms with Gasteiger partial charge in [-0.15, -0.1) is 0 Å². The molecule has 0 spiro atoms. The Morgan fingerprint density at radius 2 is 1.84 bits per heavy atom. The smallest absolute Gasteiger partial charge is 0.308 e. The van der Waals surface area contributed by atoms with Crippen molar-refractivity contribution in [2.45, 2.75) is 19.0 Å². The summed E-state index contributed by atoms with van der Waals surface area (Å²) in [4.78, 5) is 15.7. The van der Waals surface area contributed by atoms with Crippen LogP contribution in [0, 0.1) is 5.92 Å². The molecule has 19 heavy (non-hydrogen) atoms. The van der Waals surface area contributed by atoms with E-state index in [1.807, 2.05) is 6.07 Å². The van der Waals surface area contributed by atoms with E-state index in [4.69, 9.17) is 5.11 Å². The third-order valence-corrected chi connectivity index (χ3v) is 4.20. The Labute approximate surface area is 113 Å². The molecule has 2 fully saturated rings. The molecular weight excluding hydrogens is 240 g/mol. The van der Waals surface area contributed by atoms with Gasteiger partial charge in [0.1, 0.15) is 0 Å². The minimum atomic E-state index is -0.628. The summed E-state index contributed by atoms with van der Waals surface area (Å²) in [6.45, 7) is 5.08. The molecule has 4 heteroatoms. The third kappa shape index (κ3) is 2.96. The molecule has 1 N–H and O–H groups in total. The van der Waals surface area contributed by atoms with Crippen LogP contribution in [0.3, 0.4) is 0 Å². The topological polar surface area (TPSA) is 43.8 Å². The predicted octanol–water partition coefficient (Wildman–Crippen LogP) is 1.28. The highest BCUT2D eigenvalue weighted by molar-refractivity contribution is 5.74. The number of carboxylic acid groups (broad SMARTS) is 1. The summed E-state index contributed by atoms with van der Waals surface area (Å²) in [7, 11) is 0. The number of carbonyl (C=O) groups is 1. The van der Waals surface area contributed by atoms with Gasteiger partial charge in [0.05, 0.1) is 5.92 Å². The zero-order chi connectivity index (χ0) is 13.2. The second-order valence-electron chi connectivity index (χ2n) is 5.55. The molecule has 0 aromatic heterocycles. The van der Waals surface area contributed by atoms with Crippen molar-refractivity contribution in [3.63, 3.8) is 0 Å². The van der Waals surface area contributed by atoms with Gasteiger partial charge in [-0.2, -0.15) is 0 Å². The molecule has 1 saturated heterocycles. The highest BCUT2D eigenvalue weighted by Crippen LogP contribution is 2.36. The highest BCUT2D eigenvalue weighted by Gasteiger charge is 2.47. The fourth-order valence-electron chi connectivity index (χ4n) is 2.95. The molecule has 1 aromatic rings. The number of hydrogen-bond donors (Lipinski definition) is 1. The molecule has 2 aliphatic rings. The van der Waals surface area contributed by atoms with E-state index in [1.165, 1.54) is 5.56 Å². The van der Waals surface area contributed by atoms with Gasteiger partial charge in [-0.1, -0.05) is 30.3 Å². The van der Waals surface area contributed by atoms with E-state index in [0.29, 0.717) is 6.04 Å².